The number of rotatable bonds is 8. The number of pyridine rings is 1. The summed E-state index contributed by atoms with van der Waals surface area (Å²) in [7, 11) is -4.33. The summed E-state index contributed by atoms with van der Waals surface area (Å²) in [6, 6.07) is 28.7. The van der Waals surface area contributed by atoms with E-state index >= 15 is 0 Å². The summed E-state index contributed by atoms with van der Waals surface area (Å²) < 4.78 is 85.8. The van der Waals surface area contributed by atoms with Crippen LogP contribution >= 0.6 is 0 Å². The molecule has 5 rings (SSSR count). The molecule has 1 atom stereocenters. The first-order chi connectivity index (χ1) is 20.0. The van der Waals surface area contributed by atoms with Crippen molar-refractivity contribution >= 4 is 10.0 Å². The fraction of sp³-hybridized carbons (Fsp3) is 0.121. The zero-order valence-corrected chi connectivity index (χ0v) is 23.3. The lowest BCUT2D eigenvalue weighted by Gasteiger charge is -2.35. The van der Waals surface area contributed by atoms with Gasteiger partial charge in [-0.15, -0.1) is 0 Å². The van der Waals surface area contributed by atoms with Crippen LogP contribution in [-0.4, -0.2) is 13.4 Å². The van der Waals surface area contributed by atoms with Gasteiger partial charge in [0.05, 0.1) is 16.2 Å². The second-order valence-corrected chi connectivity index (χ2v) is 11.7. The third-order valence-corrected chi connectivity index (χ3v) is 8.50. The van der Waals surface area contributed by atoms with Crippen molar-refractivity contribution in [3.8, 4) is 11.1 Å². The zero-order valence-electron chi connectivity index (χ0n) is 22.4. The highest BCUT2D eigenvalue weighted by Gasteiger charge is 2.42. The number of aromatic nitrogens is 1. The van der Waals surface area contributed by atoms with Crippen LogP contribution in [0.2, 0.25) is 0 Å². The maximum absolute atomic E-state index is 14.0. The van der Waals surface area contributed by atoms with Gasteiger partial charge in [0, 0.05) is 12.6 Å². The van der Waals surface area contributed by atoms with Gasteiger partial charge in [0.25, 0.3) is 0 Å². The van der Waals surface area contributed by atoms with E-state index in [0.717, 1.165) is 17.7 Å². The molecule has 0 fully saturated rings. The van der Waals surface area contributed by atoms with Crippen LogP contribution < -0.4 is 4.72 Å². The number of hydrogen-bond acceptors (Lipinski definition) is 3. The smallest absolute Gasteiger partial charge is 0.259 e. The Balaban J connectivity index is 1.66. The Kier molecular flexibility index (Phi) is 7.99. The van der Waals surface area contributed by atoms with E-state index in [9.17, 15) is 26.0 Å². The van der Waals surface area contributed by atoms with Crippen LogP contribution in [0, 0.1) is 12.7 Å². The molecule has 0 radical (unpaired) electrons. The molecule has 0 saturated carbocycles. The number of hydrogen-bond donors (Lipinski definition) is 1. The SMILES string of the molecule is Cc1ccc(C(Cc2ccccc2)(NS(=O)(=O)c2ccc(-c3ccc(F)cc3)cc2)c2cccc(C(F)(F)F)c2)nc1. The number of alkyl halides is 3. The number of halogens is 4. The second kappa shape index (κ2) is 11.5. The van der Waals surface area contributed by atoms with Crippen LogP contribution in [0.15, 0.2) is 126 Å². The molecule has 4 nitrogen and oxygen atoms in total. The van der Waals surface area contributed by atoms with Gasteiger partial charge in [0.2, 0.25) is 10.0 Å². The molecule has 4 aromatic carbocycles. The number of nitrogens with zero attached hydrogens (tertiary/aromatic N) is 1. The Morgan fingerprint density at radius 2 is 1.36 bits per heavy atom. The van der Waals surface area contributed by atoms with E-state index in [2.05, 4.69) is 9.71 Å². The Hall–Kier alpha value is -4.34. The average molecular weight is 591 g/mol. The first-order valence-corrected chi connectivity index (χ1v) is 14.5. The van der Waals surface area contributed by atoms with E-state index < -0.39 is 33.1 Å². The van der Waals surface area contributed by atoms with Gasteiger partial charge in [0.15, 0.2) is 0 Å². The van der Waals surface area contributed by atoms with E-state index in [0.29, 0.717) is 16.7 Å². The van der Waals surface area contributed by atoms with Crippen LogP contribution in [0.5, 0.6) is 0 Å². The molecule has 0 aliphatic heterocycles. The molecule has 0 aliphatic carbocycles. The number of nitrogens with one attached hydrogen (secondary N) is 1. The normalized spacial score (nSPS) is 13.5. The lowest BCUT2D eigenvalue weighted by Crippen LogP contribution is -2.49. The van der Waals surface area contributed by atoms with Gasteiger partial charge in [0.1, 0.15) is 11.4 Å². The first kappa shape index (κ1) is 29.2. The minimum absolute atomic E-state index is 0.0158. The molecule has 0 spiro atoms. The molecule has 0 aliphatic rings. The fourth-order valence-corrected chi connectivity index (χ4v) is 6.19. The van der Waals surface area contributed by atoms with Crippen molar-refractivity contribution in [1.29, 1.82) is 0 Å². The lowest BCUT2D eigenvalue weighted by molar-refractivity contribution is -0.137. The van der Waals surface area contributed by atoms with Crippen LogP contribution in [0.25, 0.3) is 11.1 Å². The van der Waals surface area contributed by atoms with E-state index in [1.54, 1.807) is 72.9 Å². The molecule has 0 saturated heterocycles. The van der Waals surface area contributed by atoms with Gasteiger partial charge in [-0.3, -0.25) is 4.98 Å². The minimum atomic E-state index is -4.65. The topological polar surface area (TPSA) is 59.1 Å². The molecule has 1 unspecified atom stereocenters. The monoisotopic (exact) mass is 590 g/mol. The number of aryl methyl sites for hydroxylation is 1. The molecule has 0 bridgehead atoms. The third-order valence-electron chi connectivity index (χ3n) is 6.99. The summed E-state index contributed by atoms with van der Waals surface area (Å²) in [5.41, 5.74) is 0.564. The molecule has 9 heteroatoms. The van der Waals surface area contributed by atoms with Crippen molar-refractivity contribution in [2.45, 2.75) is 30.0 Å². The van der Waals surface area contributed by atoms with Gasteiger partial charge in [-0.05, 0) is 77.2 Å². The molecule has 1 heterocycles. The molecular formula is C33H26F4N2O2S. The van der Waals surface area contributed by atoms with Gasteiger partial charge in [-0.25, -0.2) is 12.8 Å². The highest BCUT2D eigenvalue weighted by Crippen LogP contribution is 2.38. The Labute approximate surface area is 241 Å². The molecule has 0 amide bonds. The zero-order chi connectivity index (χ0) is 30.0. The molecule has 5 aromatic rings. The second-order valence-electron chi connectivity index (χ2n) is 10.0. The molecule has 42 heavy (non-hydrogen) atoms. The summed E-state index contributed by atoms with van der Waals surface area (Å²) in [4.78, 5) is 4.42. The van der Waals surface area contributed by atoms with Crippen molar-refractivity contribution < 1.29 is 26.0 Å². The highest BCUT2D eigenvalue weighted by molar-refractivity contribution is 7.89. The van der Waals surface area contributed by atoms with Crippen molar-refractivity contribution in [2.75, 3.05) is 0 Å². The molecular weight excluding hydrogens is 564 g/mol. The molecule has 1 aromatic heterocycles. The maximum Gasteiger partial charge on any atom is 0.416 e. The van der Waals surface area contributed by atoms with Gasteiger partial charge < -0.3 is 0 Å². The summed E-state index contributed by atoms with van der Waals surface area (Å²) in [6.45, 7) is 1.81. The van der Waals surface area contributed by atoms with E-state index in [1.807, 2.05) is 6.92 Å². The Morgan fingerprint density at radius 3 is 1.95 bits per heavy atom. The van der Waals surface area contributed by atoms with Crippen molar-refractivity contribution in [2.24, 2.45) is 0 Å². The maximum atomic E-state index is 14.0. The quantitative estimate of drug-likeness (QED) is 0.189. The predicted molar refractivity (Wildman–Crippen MR) is 154 cm³/mol. The predicted octanol–water partition coefficient (Wildman–Crippen LogP) is 7.68. The summed E-state index contributed by atoms with van der Waals surface area (Å²) in [5.74, 6) is -0.392. The van der Waals surface area contributed by atoms with E-state index in [-0.39, 0.29) is 22.6 Å². The lowest BCUT2D eigenvalue weighted by atomic mass is 9.81. The van der Waals surface area contributed by atoms with Crippen molar-refractivity contribution in [1.82, 2.24) is 9.71 Å². The summed E-state index contributed by atoms with van der Waals surface area (Å²) >= 11 is 0. The molecule has 1 N–H and O–H groups in total. The minimum Gasteiger partial charge on any atom is -0.259 e. The fourth-order valence-electron chi connectivity index (χ4n) is 4.83. The highest BCUT2D eigenvalue weighted by atomic mass is 32.2. The van der Waals surface area contributed by atoms with E-state index in [4.69, 9.17) is 0 Å². The number of sulfonamides is 1. The summed E-state index contributed by atoms with van der Waals surface area (Å²) in [6.07, 6.45) is -3.11. The van der Waals surface area contributed by atoms with E-state index in [1.165, 1.54) is 36.4 Å². The Bertz CT molecular complexity index is 1770. The standard InChI is InChI=1S/C33H26F4N2O2S/c1-23-10-19-31(38-22-23)32(21-24-6-3-2-4-7-24,27-8-5-9-28(20-27)33(35,36)37)39-42(40,41)30-17-13-26(14-18-30)25-11-15-29(34)16-12-25/h2-20,22,39H,21H2,1H3. The first-order valence-electron chi connectivity index (χ1n) is 13.0. The van der Waals surface area contributed by atoms with Crippen LogP contribution in [0.4, 0.5) is 17.6 Å². The van der Waals surface area contributed by atoms with Gasteiger partial charge in [-0.1, -0.05) is 72.8 Å². The van der Waals surface area contributed by atoms with Crippen LogP contribution in [0.3, 0.4) is 0 Å². The summed E-state index contributed by atoms with van der Waals surface area (Å²) in [5, 5.41) is 0. The van der Waals surface area contributed by atoms with Gasteiger partial charge in [-0.2, -0.15) is 17.9 Å². The third kappa shape index (κ3) is 6.27. The van der Waals surface area contributed by atoms with Gasteiger partial charge >= 0.3 is 6.18 Å². The Morgan fingerprint density at radius 1 is 0.738 bits per heavy atom. The van der Waals surface area contributed by atoms with Crippen molar-refractivity contribution in [3.05, 3.63) is 155 Å². The largest absolute Gasteiger partial charge is 0.416 e. The molecule has 214 valence electrons. The average Bonchev–Trinajstić information content (AvgIpc) is 2.98. The van der Waals surface area contributed by atoms with Crippen LogP contribution in [-0.2, 0) is 28.2 Å². The van der Waals surface area contributed by atoms with Crippen molar-refractivity contribution in [3.63, 3.8) is 0 Å². The number of benzene rings is 4. The van der Waals surface area contributed by atoms with Crippen LogP contribution in [0.1, 0.15) is 27.9 Å².